The zero-order valence-corrected chi connectivity index (χ0v) is 12.9. The first kappa shape index (κ1) is 15.8. The summed E-state index contributed by atoms with van der Waals surface area (Å²) in [5, 5.41) is 4.06. The lowest BCUT2D eigenvalue weighted by atomic mass is 9.82. The zero-order valence-electron chi connectivity index (χ0n) is 12.0. The van der Waals surface area contributed by atoms with Crippen molar-refractivity contribution in [3.63, 3.8) is 0 Å². The van der Waals surface area contributed by atoms with E-state index in [0.717, 1.165) is 37.0 Å². The highest BCUT2D eigenvalue weighted by atomic mass is 35.5. The third-order valence-corrected chi connectivity index (χ3v) is 3.93. The van der Waals surface area contributed by atoms with Gasteiger partial charge in [-0.05, 0) is 25.0 Å². The Morgan fingerprint density at radius 2 is 2.00 bits per heavy atom. The van der Waals surface area contributed by atoms with Crippen LogP contribution in [0.1, 0.15) is 38.0 Å². The van der Waals surface area contributed by atoms with Crippen molar-refractivity contribution in [2.75, 3.05) is 7.11 Å². The van der Waals surface area contributed by atoms with E-state index in [-0.39, 0.29) is 12.4 Å². The highest BCUT2D eigenvalue weighted by Gasteiger charge is 2.35. The molecule has 0 unspecified atom stereocenters. The second-order valence-electron chi connectivity index (χ2n) is 5.37. The molecule has 6 heteroatoms. The summed E-state index contributed by atoms with van der Waals surface area (Å²) in [4.78, 5) is 4.49. The lowest BCUT2D eigenvalue weighted by Crippen LogP contribution is -2.38. The summed E-state index contributed by atoms with van der Waals surface area (Å²) in [6.07, 6.45) is 5.29. The van der Waals surface area contributed by atoms with E-state index in [1.54, 1.807) is 7.11 Å². The van der Waals surface area contributed by atoms with Crippen LogP contribution in [0.2, 0.25) is 0 Å². The van der Waals surface area contributed by atoms with Gasteiger partial charge in [-0.15, -0.1) is 12.4 Å². The van der Waals surface area contributed by atoms with Gasteiger partial charge in [-0.1, -0.05) is 36.6 Å². The number of rotatable bonds is 3. The fourth-order valence-corrected chi connectivity index (χ4v) is 2.70. The first-order chi connectivity index (χ1) is 9.71. The second-order valence-corrected chi connectivity index (χ2v) is 5.37. The first-order valence-corrected chi connectivity index (χ1v) is 6.99. The van der Waals surface area contributed by atoms with Gasteiger partial charge in [0.1, 0.15) is 5.75 Å². The molecule has 1 aromatic heterocycles. The lowest BCUT2D eigenvalue weighted by molar-refractivity contribution is 0.220. The van der Waals surface area contributed by atoms with Crippen LogP contribution in [0.3, 0.4) is 0 Å². The number of hydrogen-bond donors (Lipinski definition) is 1. The van der Waals surface area contributed by atoms with Crippen LogP contribution in [-0.4, -0.2) is 17.3 Å². The molecule has 1 aromatic carbocycles. The van der Waals surface area contributed by atoms with Gasteiger partial charge in [-0.2, -0.15) is 4.98 Å². The highest BCUT2D eigenvalue weighted by Crippen LogP contribution is 2.34. The van der Waals surface area contributed by atoms with E-state index in [9.17, 15) is 0 Å². The number of ether oxygens (including phenoxy) is 1. The minimum absolute atomic E-state index is 0. The largest absolute Gasteiger partial charge is 0.497 e. The number of halogens is 1. The topological polar surface area (TPSA) is 74.2 Å². The molecule has 0 aliphatic heterocycles. The Morgan fingerprint density at radius 1 is 1.24 bits per heavy atom. The van der Waals surface area contributed by atoms with E-state index in [2.05, 4.69) is 10.1 Å². The molecule has 2 aromatic rings. The van der Waals surface area contributed by atoms with Gasteiger partial charge in [0.2, 0.25) is 11.7 Å². The first-order valence-electron chi connectivity index (χ1n) is 6.99. The molecule has 0 atom stereocenters. The molecule has 114 valence electrons. The van der Waals surface area contributed by atoms with Crippen molar-refractivity contribution < 1.29 is 9.26 Å². The monoisotopic (exact) mass is 309 g/mol. The molecule has 1 heterocycles. The van der Waals surface area contributed by atoms with E-state index < -0.39 is 5.54 Å². The third-order valence-electron chi connectivity index (χ3n) is 3.93. The number of nitrogens with zero attached hydrogens (tertiary/aromatic N) is 2. The van der Waals surface area contributed by atoms with Crippen molar-refractivity contribution in [2.24, 2.45) is 5.73 Å². The molecule has 2 N–H and O–H groups in total. The smallest absolute Gasteiger partial charge is 0.247 e. The third kappa shape index (κ3) is 3.19. The molecular weight excluding hydrogens is 290 g/mol. The number of aromatic nitrogens is 2. The van der Waals surface area contributed by atoms with Crippen LogP contribution in [0.4, 0.5) is 0 Å². The molecule has 21 heavy (non-hydrogen) atoms. The lowest BCUT2D eigenvalue weighted by Gasteiger charge is -2.29. The summed E-state index contributed by atoms with van der Waals surface area (Å²) in [6.45, 7) is 0. The van der Waals surface area contributed by atoms with Crippen LogP contribution in [0.5, 0.6) is 5.75 Å². The summed E-state index contributed by atoms with van der Waals surface area (Å²) in [7, 11) is 1.64. The van der Waals surface area contributed by atoms with Gasteiger partial charge < -0.3 is 15.0 Å². The Bertz CT molecular complexity index is 594. The second kappa shape index (κ2) is 6.45. The Kier molecular flexibility index (Phi) is 4.85. The fourth-order valence-electron chi connectivity index (χ4n) is 2.70. The van der Waals surface area contributed by atoms with E-state index in [4.69, 9.17) is 15.0 Å². The summed E-state index contributed by atoms with van der Waals surface area (Å²) < 4.78 is 10.6. The van der Waals surface area contributed by atoms with Gasteiger partial charge in [0, 0.05) is 5.56 Å². The summed E-state index contributed by atoms with van der Waals surface area (Å²) in [5.41, 5.74) is 6.82. The van der Waals surface area contributed by atoms with Crippen molar-refractivity contribution in [3.8, 4) is 17.1 Å². The summed E-state index contributed by atoms with van der Waals surface area (Å²) >= 11 is 0. The molecule has 5 nitrogen and oxygen atoms in total. The molecule has 3 rings (SSSR count). The Labute approximate surface area is 130 Å². The Morgan fingerprint density at radius 3 is 2.71 bits per heavy atom. The quantitative estimate of drug-likeness (QED) is 0.941. The normalized spacial score (nSPS) is 17.0. The average Bonchev–Trinajstić information content (AvgIpc) is 2.99. The average molecular weight is 310 g/mol. The summed E-state index contributed by atoms with van der Waals surface area (Å²) in [5.74, 6) is 1.89. The van der Waals surface area contributed by atoms with Gasteiger partial charge in [0.15, 0.2) is 0 Å². The Balaban J connectivity index is 0.00000161. The number of methoxy groups -OCH3 is 1. The SMILES string of the molecule is COc1cccc(-c2noc(C3(N)CCCCC3)n2)c1.Cl. The molecule has 0 radical (unpaired) electrons. The molecule has 1 aliphatic rings. The van der Waals surface area contributed by atoms with Crippen molar-refractivity contribution in [1.82, 2.24) is 10.1 Å². The van der Waals surface area contributed by atoms with Gasteiger partial charge in [0.25, 0.3) is 0 Å². The van der Waals surface area contributed by atoms with E-state index >= 15 is 0 Å². The minimum Gasteiger partial charge on any atom is -0.497 e. The molecule has 1 saturated carbocycles. The molecular formula is C15H20ClN3O2. The van der Waals surface area contributed by atoms with Crippen LogP contribution in [-0.2, 0) is 5.54 Å². The van der Waals surface area contributed by atoms with E-state index in [1.165, 1.54) is 6.42 Å². The van der Waals surface area contributed by atoms with Crippen LogP contribution in [0.15, 0.2) is 28.8 Å². The van der Waals surface area contributed by atoms with Crippen LogP contribution in [0.25, 0.3) is 11.4 Å². The Hall–Kier alpha value is -1.59. The molecule has 0 spiro atoms. The van der Waals surface area contributed by atoms with Crippen molar-refractivity contribution in [3.05, 3.63) is 30.2 Å². The van der Waals surface area contributed by atoms with Crippen LogP contribution < -0.4 is 10.5 Å². The molecule has 0 saturated heterocycles. The number of benzene rings is 1. The maximum absolute atomic E-state index is 6.41. The predicted octanol–water partition coefficient (Wildman–Crippen LogP) is 3.29. The van der Waals surface area contributed by atoms with Gasteiger partial charge >= 0.3 is 0 Å². The van der Waals surface area contributed by atoms with Crippen molar-refractivity contribution >= 4 is 12.4 Å². The van der Waals surface area contributed by atoms with Gasteiger partial charge in [-0.3, -0.25) is 0 Å². The predicted molar refractivity (Wildman–Crippen MR) is 82.5 cm³/mol. The highest BCUT2D eigenvalue weighted by molar-refractivity contribution is 5.85. The molecule has 1 aliphatic carbocycles. The van der Waals surface area contributed by atoms with Crippen molar-refractivity contribution in [1.29, 1.82) is 0 Å². The minimum atomic E-state index is -0.456. The standard InChI is InChI=1S/C15H19N3O2.ClH/c1-19-12-7-5-6-11(10-12)13-17-14(20-18-13)15(16)8-3-2-4-9-15;/h5-7,10H,2-4,8-9,16H2,1H3;1H. The molecule has 1 fully saturated rings. The van der Waals surface area contributed by atoms with Crippen molar-refractivity contribution in [2.45, 2.75) is 37.6 Å². The van der Waals surface area contributed by atoms with Gasteiger partial charge in [0.05, 0.1) is 12.6 Å². The molecule has 0 amide bonds. The zero-order chi connectivity index (χ0) is 14.0. The van der Waals surface area contributed by atoms with Crippen LogP contribution >= 0.6 is 12.4 Å². The van der Waals surface area contributed by atoms with Crippen LogP contribution in [0, 0.1) is 0 Å². The van der Waals surface area contributed by atoms with Gasteiger partial charge in [-0.25, -0.2) is 0 Å². The number of nitrogens with two attached hydrogens (primary N) is 1. The fraction of sp³-hybridized carbons (Fsp3) is 0.467. The molecule has 0 bridgehead atoms. The summed E-state index contributed by atoms with van der Waals surface area (Å²) in [6, 6.07) is 7.61. The number of hydrogen-bond acceptors (Lipinski definition) is 5. The maximum atomic E-state index is 6.41. The maximum Gasteiger partial charge on any atom is 0.247 e. The van der Waals surface area contributed by atoms with E-state index in [0.29, 0.717) is 11.7 Å². The van der Waals surface area contributed by atoms with E-state index in [1.807, 2.05) is 24.3 Å².